The van der Waals surface area contributed by atoms with Crippen molar-refractivity contribution in [3.05, 3.63) is 60.2 Å². The third-order valence-corrected chi connectivity index (χ3v) is 8.54. The van der Waals surface area contributed by atoms with Crippen molar-refractivity contribution in [3.8, 4) is 6.07 Å². The first-order valence-electron chi connectivity index (χ1n) is 13.4. The van der Waals surface area contributed by atoms with Gasteiger partial charge in [-0.05, 0) is 51.8 Å². The van der Waals surface area contributed by atoms with E-state index in [0.717, 1.165) is 17.2 Å². The molecule has 1 heterocycles. The Hall–Kier alpha value is -3.87. The number of nitrogens with zero attached hydrogens (tertiary/aromatic N) is 2. The second kappa shape index (κ2) is 9.95. The maximum atomic E-state index is 14.0. The van der Waals surface area contributed by atoms with Crippen LogP contribution in [0.3, 0.4) is 0 Å². The van der Waals surface area contributed by atoms with Gasteiger partial charge >= 0.3 is 12.1 Å². The summed E-state index contributed by atoms with van der Waals surface area (Å²) in [4.78, 5) is 41.1. The van der Waals surface area contributed by atoms with E-state index in [1.807, 2.05) is 41.7 Å². The molecule has 10 heteroatoms. The van der Waals surface area contributed by atoms with E-state index in [9.17, 15) is 32.8 Å². The fourth-order valence-corrected chi connectivity index (χ4v) is 6.72. The zero-order valence-corrected chi connectivity index (χ0v) is 22.4. The van der Waals surface area contributed by atoms with Crippen LogP contribution in [0.1, 0.15) is 38.8 Å². The molecular weight excluding hydrogens is 521 g/mol. The number of allylic oxidation sites excluding steroid dienone is 2. The van der Waals surface area contributed by atoms with E-state index in [1.54, 1.807) is 32.9 Å². The predicted molar refractivity (Wildman–Crippen MR) is 141 cm³/mol. The number of carbonyl (C=O) groups is 3. The zero-order valence-electron chi connectivity index (χ0n) is 22.4. The molecule has 3 aliphatic rings. The lowest BCUT2D eigenvalue weighted by atomic mass is 9.81. The first-order chi connectivity index (χ1) is 18.8. The van der Waals surface area contributed by atoms with E-state index in [0.29, 0.717) is 5.56 Å². The molecule has 5 rings (SSSR count). The monoisotopic (exact) mass is 552 g/mol. The standard InChI is InChI=1S/C30H31F3N4O3/c1-29(2,3)25(36-28(40)30(31,32)33)27(39)37-15-21-17-11-12-18(13-17)23(21)24(37)26(38)35-22(14-34)20-10-6-8-16-7-4-5-9-19(16)20/h4-12,17-18,21-25H,13,15H2,1-3H3,(H,35,38)(H,36,40). The first kappa shape index (κ1) is 27.7. The number of nitrogens with one attached hydrogen (secondary N) is 2. The molecule has 0 aromatic heterocycles. The minimum absolute atomic E-state index is 0.0354. The fraction of sp³-hybridized carbons (Fsp3) is 0.467. The van der Waals surface area contributed by atoms with Gasteiger partial charge in [0.25, 0.3) is 0 Å². The van der Waals surface area contributed by atoms with Crippen LogP contribution in [0.4, 0.5) is 13.2 Å². The van der Waals surface area contributed by atoms with Crippen molar-refractivity contribution in [2.24, 2.45) is 29.1 Å². The number of hydrogen-bond donors (Lipinski definition) is 2. The fourth-order valence-electron chi connectivity index (χ4n) is 6.72. The molecule has 3 amide bonds. The van der Waals surface area contributed by atoms with Gasteiger partial charge in [0.05, 0.1) is 6.07 Å². The van der Waals surface area contributed by atoms with E-state index in [2.05, 4.69) is 17.5 Å². The van der Waals surface area contributed by atoms with Crippen molar-refractivity contribution in [1.82, 2.24) is 15.5 Å². The SMILES string of the molecule is CC(C)(C)C(NC(=O)C(F)(F)F)C(=O)N1CC2C3C=CC(C3)C2C1C(=O)NC(C#N)c1cccc2ccccc12. The second-order valence-electron chi connectivity index (χ2n) is 12.0. The maximum Gasteiger partial charge on any atom is 0.471 e. The lowest BCUT2D eigenvalue weighted by Crippen LogP contribution is -2.60. The number of alkyl halides is 3. The van der Waals surface area contributed by atoms with E-state index in [1.165, 1.54) is 4.90 Å². The number of benzene rings is 2. The Balaban J connectivity index is 1.47. The van der Waals surface area contributed by atoms with Crippen LogP contribution in [0.25, 0.3) is 10.8 Å². The van der Waals surface area contributed by atoms with Crippen LogP contribution in [-0.4, -0.2) is 47.4 Å². The average Bonchev–Trinajstić information content (AvgIpc) is 3.61. The smallest absolute Gasteiger partial charge is 0.336 e. The van der Waals surface area contributed by atoms with Crippen molar-refractivity contribution in [1.29, 1.82) is 5.26 Å². The molecule has 1 saturated heterocycles. The summed E-state index contributed by atoms with van der Waals surface area (Å²) >= 11 is 0. The Kier molecular flexibility index (Phi) is 6.89. The molecular formula is C30H31F3N4O3. The Morgan fingerprint density at radius 2 is 1.68 bits per heavy atom. The Morgan fingerprint density at radius 1 is 1.00 bits per heavy atom. The Bertz CT molecular complexity index is 1420. The van der Waals surface area contributed by atoms with Crippen molar-refractivity contribution in [3.63, 3.8) is 0 Å². The summed E-state index contributed by atoms with van der Waals surface area (Å²) in [5.74, 6) is -3.54. The molecule has 0 spiro atoms. The first-order valence-corrected chi connectivity index (χ1v) is 13.4. The van der Waals surface area contributed by atoms with E-state index in [4.69, 9.17) is 0 Å². The molecule has 2 aliphatic carbocycles. The molecule has 1 saturated carbocycles. The third-order valence-electron chi connectivity index (χ3n) is 8.54. The van der Waals surface area contributed by atoms with Crippen molar-refractivity contribution >= 4 is 28.5 Å². The lowest BCUT2D eigenvalue weighted by Gasteiger charge is -2.37. The van der Waals surface area contributed by atoms with Gasteiger partial charge < -0.3 is 15.5 Å². The number of carbonyl (C=O) groups excluding carboxylic acids is 3. The van der Waals surface area contributed by atoms with Crippen LogP contribution >= 0.6 is 0 Å². The van der Waals surface area contributed by atoms with E-state index in [-0.39, 0.29) is 30.2 Å². The van der Waals surface area contributed by atoms with Gasteiger partial charge in [-0.25, -0.2) is 0 Å². The molecule has 2 aromatic carbocycles. The summed E-state index contributed by atoms with van der Waals surface area (Å²) in [6.07, 6.45) is -0.196. The van der Waals surface area contributed by atoms with Gasteiger partial charge in [0.2, 0.25) is 11.8 Å². The number of nitriles is 1. The molecule has 0 radical (unpaired) electrons. The highest BCUT2D eigenvalue weighted by Crippen LogP contribution is 2.54. The van der Waals surface area contributed by atoms with E-state index >= 15 is 0 Å². The number of hydrogen-bond acceptors (Lipinski definition) is 4. The molecule has 7 nitrogen and oxygen atoms in total. The average molecular weight is 553 g/mol. The highest BCUT2D eigenvalue weighted by Gasteiger charge is 2.59. The molecule has 2 fully saturated rings. The number of fused-ring (bicyclic) bond motifs is 6. The molecule has 40 heavy (non-hydrogen) atoms. The highest BCUT2D eigenvalue weighted by molar-refractivity contribution is 5.95. The minimum atomic E-state index is -5.16. The van der Waals surface area contributed by atoms with Crippen LogP contribution in [0, 0.1) is 40.4 Å². The summed E-state index contributed by atoms with van der Waals surface area (Å²) in [6.45, 7) is 4.88. The number of likely N-dealkylation sites (tertiary alicyclic amines) is 1. The van der Waals surface area contributed by atoms with Crippen molar-refractivity contribution in [2.45, 2.75) is 51.5 Å². The number of halogens is 3. The summed E-state index contributed by atoms with van der Waals surface area (Å²) in [5.41, 5.74) is -0.453. The Labute approximate surface area is 230 Å². The summed E-state index contributed by atoms with van der Waals surface area (Å²) in [6, 6.07) is 11.6. The Morgan fingerprint density at radius 3 is 2.35 bits per heavy atom. The molecule has 2 aromatic rings. The van der Waals surface area contributed by atoms with Gasteiger partial charge in [0.15, 0.2) is 0 Å². The molecule has 2 bridgehead atoms. The zero-order chi connectivity index (χ0) is 29.0. The minimum Gasteiger partial charge on any atom is -0.336 e. The second-order valence-corrected chi connectivity index (χ2v) is 12.0. The molecule has 1 aliphatic heterocycles. The van der Waals surface area contributed by atoms with Crippen LogP contribution in [0.2, 0.25) is 0 Å². The predicted octanol–water partition coefficient (Wildman–Crippen LogP) is 4.26. The quantitative estimate of drug-likeness (QED) is 0.541. The molecule has 7 atom stereocenters. The molecule has 2 N–H and O–H groups in total. The molecule has 210 valence electrons. The summed E-state index contributed by atoms with van der Waals surface area (Å²) in [5, 5.41) is 16.5. The number of rotatable bonds is 5. The molecule has 7 unspecified atom stereocenters. The van der Waals surface area contributed by atoms with Gasteiger partial charge in [0.1, 0.15) is 18.1 Å². The van der Waals surface area contributed by atoms with Crippen LogP contribution in [-0.2, 0) is 14.4 Å². The lowest BCUT2D eigenvalue weighted by molar-refractivity contribution is -0.176. The van der Waals surface area contributed by atoms with Crippen molar-refractivity contribution < 1.29 is 27.6 Å². The van der Waals surface area contributed by atoms with Gasteiger partial charge in [0, 0.05) is 6.54 Å². The van der Waals surface area contributed by atoms with E-state index < -0.39 is 47.4 Å². The maximum absolute atomic E-state index is 14.0. The summed E-state index contributed by atoms with van der Waals surface area (Å²) in [7, 11) is 0. The normalized spacial score (nSPS) is 26.7. The van der Waals surface area contributed by atoms with Crippen molar-refractivity contribution in [2.75, 3.05) is 6.54 Å². The van der Waals surface area contributed by atoms with Gasteiger partial charge in [-0.1, -0.05) is 75.4 Å². The van der Waals surface area contributed by atoms with Crippen LogP contribution in [0.5, 0.6) is 0 Å². The van der Waals surface area contributed by atoms with Crippen LogP contribution in [0.15, 0.2) is 54.6 Å². The summed E-state index contributed by atoms with van der Waals surface area (Å²) < 4.78 is 39.5. The largest absolute Gasteiger partial charge is 0.471 e. The topological polar surface area (TPSA) is 102 Å². The van der Waals surface area contributed by atoms with Gasteiger partial charge in [-0.2, -0.15) is 18.4 Å². The van der Waals surface area contributed by atoms with Gasteiger partial charge in [-0.3, -0.25) is 14.4 Å². The highest BCUT2D eigenvalue weighted by atomic mass is 19.4. The number of amides is 3. The third kappa shape index (κ3) is 4.82. The van der Waals surface area contributed by atoms with Crippen LogP contribution < -0.4 is 10.6 Å². The van der Waals surface area contributed by atoms with Gasteiger partial charge in [-0.15, -0.1) is 0 Å².